The van der Waals surface area contributed by atoms with Crippen molar-refractivity contribution < 1.29 is 32.2 Å². The van der Waals surface area contributed by atoms with Crippen molar-refractivity contribution >= 4 is 27.6 Å². The lowest BCUT2D eigenvalue weighted by Crippen LogP contribution is -2.28. The molecule has 0 saturated carbocycles. The number of sulfonamides is 1. The fourth-order valence-electron chi connectivity index (χ4n) is 3.33. The summed E-state index contributed by atoms with van der Waals surface area (Å²) in [7, 11) is -2.31. The minimum absolute atomic E-state index is 0.167. The molecule has 1 amide bonds. The lowest BCUT2D eigenvalue weighted by atomic mass is 10.2. The second-order valence-corrected chi connectivity index (χ2v) is 9.84. The summed E-state index contributed by atoms with van der Waals surface area (Å²) in [6.45, 7) is 1.83. The average Bonchev–Trinajstić information content (AvgIpc) is 3.34. The smallest absolute Gasteiger partial charge is 0.338 e. The van der Waals surface area contributed by atoms with Gasteiger partial charge in [0, 0.05) is 13.6 Å². The molecule has 0 spiro atoms. The van der Waals surface area contributed by atoms with Crippen LogP contribution < -0.4 is 19.1 Å². The van der Waals surface area contributed by atoms with Crippen LogP contribution in [0.1, 0.15) is 21.5 Å². The van der Waals surface area contributed by atoms with E-state index in [2.05, 4.69) is 5.32 Å². The maximum Gasteiger partial charge on any atom is 0.338 e. The number of hydrogen-bond donors (Lipinski definition) is 1. The van der Waals surface area contributed by atoms with Gasteiger partial charge in [0.25, 0.3) is 15.9 Å². The number of amides is 1. The molecule has 0 atom stereocenters. The quantitative estimate of drug-likeness (QED) is 0.477. The summed E-state index contributed by atoms with van der Waals surface area (Å²) in [5, 5.41) is 2.67. The summed E-state index contributed by atoms with van der Waals surface area (Å²) in [5.41, 5.74) is 2.34. The Morgan fingerprint density at radius 1 is 0.971 bits per heavy atom. The molecule has 0 aromatic heterocycles. The molecule has 35 heavy (non-hydrogen) atoms. The Labute approximate surface area is 203 Å². The maximum atomic E-state index is 12.8. The monoisotopic (exact) mass is 496 g/mol. The van der Waals surface area contributed by atoms with Crippen LogP contribution in [0.4, 0.5) is 5.69 Å². The van der Waals surface area contributed by atoms with Crippen LogP contribution in [-0.4, -0.2) is 40.7 Å². The highest BCUT2D eigenvalue weighted by molar-refractivity contribution is 7.92. The molecule has 0 bridgehead atoms. The highest BCUT2D eigenvalue weighted by Gasteiger charge is 2.21. The number of hydrogen-bond acceptors (Lipinski definition) is 7. The van der Waals surface area contributed by atoms with E-state index in [4.69, 9.17) is 14.2 Å². The number of carbonyl (C=O) groups is 2. The van der Waals surface area contributed by atoms with Crippen molar-refractivity contribution in [2.75, 3.05) is 24.8 Å². The van der Waals surface area contributed by atoms with Gasteiger partial charge in [-0.3, -0.25) is 9.10 Å². The fourth-order valence-corrected chi connectivity index (χ4v) is 4.53. The van der Waals surface area contributed by atoms with Crippen LogP contribution in [0.15, 0.2) is 71.6 Å². The zero-order valence-corrected chi connectivity index (χ0v) is 20.0. The third kappa shape index (κ3) is 5.55. The lowest BCUT2D eigenvalue weighted by molar-refractivity contribution is -0.124. The van der Waals surface area contributed by atoms with Gasteiger partial charge in [0.1, 0.15) is 0 Å². The number of aryl methyl sites for hydroxylation is 1. The molecule has 0 fully saturated rings. The number of carbonyl (C=O) groups excluding carboxylic acids is 2. The van der Waals surface area contributed by atoms with Gasteiger partial charge >= 0.3 is 5.97 Å². The van der Waals surface area contributed by atoms with E-state index in [-0.39, 0.29) is 23.8 Å². The number of ether oxygens (including phenoxy) is 3. The van der Waals surface area contributed by atoms with Crippen molar-refractivity contribution in [1.82, 2.24) is 5.32 Å². The van der Waals surface area contributed by atoms with E-state index in [0.717, 1.165) is 15.4 Å². The Morgan fingerprint density at radius 2 is 1.66 bits per heavy atom. The normalized spacial score (nSPS) is 12.2. The second kappa shape index (κ2) is 10.1. The highest BCUT2D eigenvalue weighted by Crippen LogP contribution is 2.32. The molecule has 3 aromatic carbocycles. The minimum Gasteiger partial charge on any atom is -0.454 e. The van der Waals surface area contributed by atoms with Crippen LogP contribution >= 0.6 is 0 Å². The number of anilines is 1. The van der Waals surface area contributed by atoms with Crippen LogP contribution in [0, 0.1) is 6.92 Å². The molecule has 0 aliphatic carbocycles. The van der Waals surface area contributed by atoms with Gasteiger partial charge in [-0.05, 0) is 61.0 Å². The predicted molar refractivity (Wildman–Crippen MR) is 128 cm³/mol. The Kier molecular flexibility index (Phi) is 6.92. The van der Waals surface area contributed by atoms with E-state index in [1.807, 2.05) is 6.92 Å². The van der Waals surface area contributed by atoms with Crippen LogP contribution in [0.2, 0.25) is 0 Å². The average molecular weight is 497 g/mol. The molecule has 4 rings (SSSR count). The molecular weight excluding hydrogens is 472 g/mol. The van der Waals surface area contributed by atoms with Crippen LogP contribution in [0.25, 0.3) is 0 Å². The zero-order valence-electron chi connectivity index (χ0n) is 19.2. The van der Waals surface area contributed by atoms with E-state index in [0.29, 0.717) is 17.2 Å². The topological polar surface area (TPSA) is 111 Å². The Bertz CT molecular complexity index is 1340. The molecule has 1 aliphatic heterocycles. The number of nitrogens with one attached hydrogen (secondary N) is 1. The second-order valence-electron chi connectivity index (χ2n) is 7.87. The van der Waals surface area contributed by atoms with Crippen molar-refractivity contribution in [3.8, 4) is 11.5 Å². The summed E-state index contributed by atoms with van der Waals surface area (Å²) in [4.78, 5) is 24.6. The number of rotatable bonds is 8. The van der Waals surface area contributed by atoms with Gasteiger partial charge in [0.15, 0.2) is 18.1 Å². The van der Waals surface area contributed by atoms with Crippen LogP contribution in [0.3, 0.4) is 0 Å². The molecule has 1 aliphatic rings. The lowest BCUT2D eigenvalue weighted by Gasteiger charge is -2.19. The maximum absolute atomic E-state index is 12.8. The van der Waals surface area contributed by atoms with Crippen molar-refractivity contribution in [2.45, 2.75) is 18.4 Å². The van der Waals surface area contributed by atoms with Crippen molar-refractivity contribution in [3.05, 3.63) is 83.4 Å². The summed E-state index contributed by atoms with van der Waals surface area (Å²) in [6.07, 6.45) is 0. The molecule has 1 N–H and O–H groups in total. The molecule has 10 heteroatoms. The summed E-state index contributed by atoms with van der Waals surface area (Å²) in [5.74, 6) is 0.110. The van der Waals surface area contributed by atoms with Crippen molar-refractivity contribution in [2.24, 2.45) is 0 Å². The number of nitrogens with zero attached hydrogens (tertiary/aromatic N) is 1. The van der Waals surface area contributed by atoms with Gasteiger partial charge in [0.2, 0.25) is 6.79 Å². The minimum atomic E-state index is -3.75. The van der Waals surface area contributed by atoms with Gasteiger partial charge in [0.05, 0.1) is 16.1 Å². The third-order valence-corrected chi connectivity index (χ3v) is 7.21. The van der Waals surface area contributed by atoms with Crippen LogP contribution in [-0.2, 0) is 26.1 Å². The molecular formula is C25H24N2O7S. The van der Waals surface area contributed by atoms with Crippen molar-refractivity contribution in [1.29, 1.82) is 0 Å². The van der Waals surface area contributed by atoms with Gasteiger partial charge in [-0.1, -0.05) is 23.8 Å². The first-order valence-corrected chi connectivity index (χ1v) is 12.2. The molecule has 0 unspecified atom stereocenters. The molecule has 3 aromatic rings. The molecule has 0 saturated heterocycles. The third-order valence-electron chi connectivity index (χ3n) is 5.41. The van der Waals surface area contributed by atoms with Crippen molar-refractivity contribution in [3.63, 3.8) is 0 Å². The van der Waals surface area contributed by atoms with Gasteiger partial charge < -0.3 is 19.5 Å². The Balaban J connectivity index is 1.29. The fraction of sp³-hybridized carbons (Fsp3) is 0.200. The van der Waals surface area contributed by atoms with Crippen LogP contribution in [0.5, 0.6) is 11.5 Å². The first-order valence-electron chi connectivity index (χ1n) is 10.7. The number of benzene rings is 3. The van der Waals surface area contributed by atoms with Gasteiger partial charge in [-0.15, -0.1) is 0 Å². The molecule has 0 radical (unpaired) electrons. The highest BCUT2D eigenvalue weighted by atomic mass is 32.2. The van der Waals surface area contributed by atoms with E-state index in [1.165, 1.54) is 31.3 Å². The number of esters is 1. The summed E-state index contributed by atoms with van der Waals surface area (Å²) >= 11 is 0. The first-order chi connectivity index (χ1) is 16.7. The summed E-state index contributed by atoms with van der Waals surface area (Å²) < 4.78 is 42.4. The van der Waals surface area contributed by atoms with E-state index >= 15 is 0 Å². The number of fused-ring (bicyclic) bond motifs is 1. The first kappa shape index (κ1) is 24.1. The summed E-state index contributed by atoms with van der Waals surface area (Å²) in [6, 6.07) is 17.8. The van der Waals surface area contributed by atoms with Gasteiger partial charge in [-0.2, -0.15) is 0 Å². The Morgan fingerprint density at radius 3 is 2.37 bits per heavy atom. The SMILES string of the molecule is Cc1ccc(S(=O)(=O)N(C)c2ccc(C(=O)OCC(=O)NCc3ccc4c(c3)OCO4)cc2)cc1. The Hall–Kier alpha value is -4.05. The molecule has 1 heterocycles. The van der Waals surface area contributed by atoms with E-state index in [9.17, 15) is 18.0 Å². The largest absolute Gasteiger partial charge is 0.454 e. The standard InChI is InChI=1S/C25H24N2O7S/c1-17-3-10-21(11-4-17)35(30,31)27(2)20-8-6-19(7-9-20)25(29)32-15-24(28)26-14-18-5-12-22-23(13-18)34-16-33-22/h3-13H,14-16H2,1-2H3,(H,26,28). The predicted octanol–water partition coefficient (Wildman–Crippen LogP) is 3.02. The van der Waals surface area contributed by atoms with Gasteiger partial charge in [-0.25, -0.2) is 13.2 Å². The van der Waals surface area contributed by atoms with E-state index in [1.54, 1.807) is 42.5 Å². The molecule has 9 nitrogen and oxygen atoms in total. The van der Waals surface area contributed by atoms with E-state index < -0.39 is 28.5 Å². The molecule has 182 valence electrons. The zero-order chi connectivity index (χ0) is 25.0.